The molecule has 0 atom stereocenters. The summed E-state index contributed by atoms with van der Waals surface area (Å²) in [6.45, 7) is 9.92. The summed E-state index contributed by atoms with van der Waals surface area (Å²) in [5.41, 5.74) is -0.834. The molecular weight excluding hydrogens is 745 g/mol. The van der Waals surface area contributed by atoms with Crippen molar-refractivity contribution in [3.63, 3.8) is 0 Å². The highest BCUT2D eigenvalue weighted by atomic mass is 127. The molecule has 0 unspecified atom stereocenters. The lowest BCUT2D eigenvalue weighted by molar-refractivity contribution is -0.384. The van der Waals surface area contributed by atoms with Crippen molar-refractivity contribution < 1.29 is 37.5 Å². The number of benzene rings is 2. The number of alkyl halides is 2. The first-order chi connectivity index (χ1) is 22.3. The Labute approximate surface area is 287 Å². The molecule has 0 spiro atoms. The Kier molecular flexibility index (Phi) is 9.33. The van der Waals surface area contributed by atoms with Gasteiger partial charge in [0.1, 0.15) is 33.9 Å². The zero-order valence-corrected chi connectivity index (χ0v) is 29.1. The maximum atomic E-state index is 13.3. The van der Waals surface area contributed by atoms with Gasteiger partial charge >= 0.3 is 12.2 Å². The summed E-state index contributed by atoms with van der Waals surface area (Å²) in [5, 5.41) is 16.3. The van der Waals surface area contributed by atoms with Crippen LogP contribution in [0.4, 0.5) is 29.7 Å². The van der Waals surface area contributed by atoms with Gasteiger partial charge in [-0.2, -0.15) is 10.00 Å². The van der Waals surface area contributed by atoms with Gasteiger partial charge in [-0.15, -0.1) is 0 Å². The number of nitrogens with zero attached hydrogens (tertiary/aromatic N) is 6. The fourth-order valence-electron chi connectivity index (χ4n) is 4.93. The van der Waals surface area contributed by atoms with Crippen molar-refractivity contribution in [3.05, 3.63) is 62.6 Å². The molecule has 254 valence electrons. The van der Waals surface area contributed by atoms with Crippen LogP contribution in [0.25, 0.3) is 22.3 Å². The molecule has 5 rings (SSSR count). The minimum atomic E-state index is -2.60. The van der Waals surface area contributed by atoms with Gasteiger partial charge in [-0.05, 0) is 88.3 Å². The molecule has 48 heavy (non-hydrogen) atoms. The summed E-state index contributed by atoms with van der Waals surface area (Å²) in [7, 11) is 0. The van der Waals surface area contributed by atoms with Crippen LogP contribution < -0.4 is 9.64 Å². The topological polar surface area (TPSA) is 152 Å². The molecule has 16 heteroatoms. The van der Waals surface area contributed by atoms with Crippen molar-refractivity contribution >= 4 is 57.2 Å². The summed E-state index contributed by atoms with van der Waals surface area (Å²) in [4.78, 5) is 47.6. The molecule has 0 bridgehead atoms. The molecule has 0 saturated heterocycles. The molecule has 1 aliphatic rings. The SMILES string of the molecule is CC(C)(C)OC(=O)N(C(=O)OC(C)(C)C)c1cc(Oc2ccc3ncc(-c4cnn(CC5CC(F)(F)C5)c4)nc3c2I)ccc1[N+](=O)[O-]. The number of hydrogen-bond donors (Lipinski definition) is 0. The van der Waals surface area contributed by atoms with E-state index < -0.39 is 45.6 Å². The maximum absolute atomic E-state index is 13.3. The number of imide groups is 1. The Morgan fingerprint density at radius 2 is 1.71 bits per heavy atom. The minimum Gasteiger partial charge on any atom is -0.456 e. The highest BCUT2D eigenvalue weighted by molar-refractivity contribution is 14.1. The van der Waals surface area contributed by atoms with E-state index in [9.17, 15) is 28.5 Å². The molecule has 13 nitrogen and oxygen atoms in total. The normalized spacial score (nSPS) is 14.7. The number of nitro benzene ring substituents is 1. The summed E-state index contributed by atoms with van der Waals surface area (Å²) < 4.78 is 45.7. The molecule has 0 N–H and O–H groups in total. The van der Waals surface area contributed by atoms with Gasteiger partial charge in [0.2, 0.25) is 5.92 Å². The first kappa shape index (κ1) is 34.8. The molecule has 1 aliphatic carbocycles. The van der Waals surface area contributed by atoms with Crippen molar-refractivity contribution in [1.82, 2.24) is 19.7 Å². The Hall–Kier alpha value is -4.48. The molecule has 2 heterocycles. The van der Waals surface area contributed by atoms with Gasteiger partial charge in [-0.3, -0.25) is 19.8 Å². The highest BCUT2D eigenvalue weighted by Crippen LogP contribution is 2.43. The van der Waals surface area contributed by atoms with Gasteiger partial charge in [0.15, 0.2) is 0 Å². The molecule has 1 fully saturated rings. The number of carbonyl (C=O) groups is 2. The third-order valence-corrected chi connectivity index (χ3v) is 7.97. The molecule has 1 saturated carbocycles. The van der Waals surface area contributed by atoms with E-state index in [2.05, 4.69) is 10.1 Å². The quantitative estimate of drug-likeness (QED) is 0.101. The number of hydrogen-bond acceptors (Lipinski definition) is 10. The predicted molar refractivity (Wildman–Crippen MR) is 179 cm³/mol. The van der Waals surface area contributed by atoms with Gasteiger partial charge in [0.25, 0.3) is 5.69 Å². The molecule has 4 aromatic rings. The standard InChI is InChI=1S/C32H33F2IN6O7/c1-30(2,3)47-28(42)40(29(43)48-31(4,5)6)24-11-20(7-9-23(24)41(44)45)46-25-10-8-21-27(26(25)35)38-22(15-36-21)19-14-37-39(17-19)16-18-12-32(33,34)13-18/h7-11,14-15,17-18H,12-13,16H2,1-6H3. The van der Waals surface area contributed by atoms with E-state index in [1.165, 1.54) is 12.1 Å². The van der Waals surface area contributed by atoms with E-state index in [1.54, 1.807) is 76.9 Å². The maximum Gasteiger partial charge on any atom is 0.424 e. The van der Waals surface area contributed by atoms with Crippen LogP contribution in [0.5, 0.6) is 11.5 Å². The van der Waals surface area contributed by atoms with E-state index in [1.807, 2.05) is 22.6 Å². The number of carbonyl (C=O) groups excluding carboxylic acids is 2. The highest BCUT2D eigenvalue weighted by Gasteiger charge is 2.45. The Morgan fingerprint density at radius 1 is 1.06 bits per heavy atom. The zero-order chi connectivity index (χ0) is 35.2. The second kappa shape index (κ2) is 12.9. The van der Waals surface area contributed by atoms with Gasteiger partial charge < -0.3 is 14.2 Å². The number of rotatable bonds is 7. The number of anilines is 1. The first-order valence-corrected chi connectivity index (χ1v) is 15.9. The van der Waals surface area contributed by atoms with Gasteiger partial charge in [0.05, 0.1) is 32.1 Å². The van der Waals surface area contributed by atoms with Crippen molar-refractivity contribution in [2.75, 3.05) is 4.90 Å². The third kappa shape index (κ3) is 8.14. The molecule has 2 aromatic heterocycles. The van der Waals surface area contributed by atoms with Crippen LogP contribution in [0.2, 0.25) is 0 Å². The summed E-state index contributed by atoms with van der Waals surface area (Å²) in [6.07, 6.45) is 2.26. The van der Waals surface area contributed by atoms with Gasteiger partial charge in [-0.1, -0.05) is 0 Å². The van der Waals surface area contributed by atoms with Crippen molar-refractivity contribution in [2.24, 2.45) is 5.92 Å². The molecule has 0 radical (unpaired) electrons. The van der Waals surface area contributed by atoms with E-state index in [-0.39, 0.29) is 24.5 Å². The van der Waals surface area contributed by atoms with Crippen molar-refractivity contribution in [1.29, 1.82) is 0 Å². The van der Waals surface area contributed by atoms with Gasteiger partial charge in [-0.25, -0.2) is 23.4 Å². The Balaban J connectivity index is 1.47. The minimum absolute atomic E-state index is 0.0666. The summed E-state index contributed by atoms with van der Waals surface area (Å²) in [6, 6.07) is 6.95. The van der Waals surface area contributed by atoms with Crippen LogP contribution in [0, 0.1) is 19.6 Å². The molecular formula is C32H33F2IN6O7. The number of nitro groups is 1. The average Bonchev–Trinajstić information content (AvgIpc) is 3.40. The van der Waals surface area contributed by atoms with E-state index in [4.69, 9.17) is 19.2 Å². The van der Waals surface area contributed by atoms with Crippen LogP contribution in [0.15, 0.2) is 48.9 Å². The average molecular weight is 779 g/mol. The van der Waals surface area contributed by atoms with E-state index >= 15 is 0 Å². The van der Waals surface area contributed by atoms with Gasteiger partial charge in [0, 0.05) is 43.3 Å². The van der Waals surface area contributed by atoms with Crippen LogP contribution in [0.1, 0.15) is 54.4 Å². The summed E-state index contributed by atoms with van der Waals surface area (Å²) >= 11 is 2.04. The second-order valence-electron chi connectivity index (χ2n) is 13.4. The van der Waals surface area contributed by atoms with E-state index in [0.717, 1.165) is 6.07 Å². The monoisotopic (exact) mass is 778 g/mol. The number of halogens is 3. The van der Waals surface area contributed by atoms with Crippen LogP contribution in [0.3, 0.4) is 0 Å². The second-order valence-corrected chi connectivity index (χ2v) is 14.5. The predicted octanol–water partition coefficient (Wildman–Crippen LogP) is 8.52. The Morgan fingerprint density at radius 3 is 2.29 bits per heavy atom. The van der Waals surface area contributed by atoms with Crippen LogP contribution >= 0.6 is 22.6 Å². The fourth-order valence-corrected chi connectivity index (χ4v) is 5.62. The third-order valence-electron chi connectivity index (χ3n) is 6.93. The number of ether oxygens (including phenoxy) is 3. The number of aromatic nitrogens is 4. The lowest BCUT2D eigenvalue weighted by Crippen LogP contribution is -2.44. The first-order valence-electron chi connectivity index (χ1n) is 14.9. The fraction of sp³-hybridized carbons (Fsp3) is 0.406. The van der Waals surface area contributed by atoms with E-state index in [0.29, 0.717) is 43.1 Å². The molecule has 0 aliphatic heterocycles. The molecule has 2 aromatic carbocycles. The number of amides is 2. The lowest BCUT2D eigenvalue weighted by Gasteiger charge is -2.34. The van der Waals surface area contributed by atoms with Crippen LogP contribution in [-0.2, 0) is 16.0 Å². The van der Waals surface area contributed by atoms with Crippen molar-refractivity contribution in [3.8, 4) is 22.8 Å². The summed E-state index contributed by atoms with van der Waals surface area (Å²) in [5.74, 6) is -2.36. The Bertz CT molecular complexity index is 1870. The van der Waals surface area contributed by atoms with Crippen LogP contribution in [-0.4, -0.2) is 54.0 Å². The zero-order valence-electron chi connectivity index (χ0n) is 27.0. The smallest absolute Gasteiger partial charge is 0.424 e. The molecule has 2 amide bonds. The lowest BCUT2D eigenvalue weighted by atomic mass is 9.81. The number of fused-ring (bicyclic) bond motifs is 1. The van der Waals surface area contributed by atoms with Crippen molar-refractivity contribution in [2.45, 2.75) is 78.1 Å². The largest absolute Gasteiger partial charge is 0.456 e.